The third kappa shape index (κ3) is 7.03. The lowest BCUT2D eigenvalue weighted by molar-refractivity contribution is -0.274. The van der Waals surface area contributed by atoms with Gasteiger partial charge in [0.25, 0.3) is 5.95 Å². The van der Waals surface area contributed by atoms with Crippen molar-refractivity contribution in [1.29, 1.82) is 0 Å². The van der Waals surface area contributed by atoms with E-state index in [-0.39, 0.29) is 22.6 Å². The second kappa shape index (κ2) is 10.8. The smallest absolute Gasteiger partial charge is 0.497 e. The number of nitrogens with one attached hydrogen (secondary N) is 2. The highest BCUT2D eigenvalue weighted by Crippen LogP contribution is 2.24. The second-order valence-corrected chi connectivity index (χ2v) is 7.57. The summed E-state index contributed by atoms with van der Waals surface area (Å²) in [5, 5.41) is 14.9. The van der Waals surface area contributed by atoms with Gasteiger partial charge in [-0.05, 0) is 43.3 Å². The van der Waals surface area contributed by atoms with Gasteiger partial charge in [-0.2, -0.15) is 5.10 Å². The SMILES string of the molecule is COc1cccc(/C(C)=N/Nc2nnc(SCC(=O)Nc3ccc(OC(F)(F)F)cc3)n2N)c1. The Hall–Kier alpha value is -3.94. The quantitative estimate of drug-likeness (QED) is 0.178. The molecule has 0 aliphatic heterocycles. The van der Waals surface area contributed by atoms with Crippen molar-refractivity contribution in [3.63, 3.8) is 0 Å². The van der Waals surface area contributed by atoms with Crippen molar-refractivity contribution >= 4 is 35.0 Å². The summed E-state index contributed by atoms with van der Waals surface area (Å²) in [7, 11) is 1.57. The topological polar surface area (TPSA) is 129 Å². The van der Waals surface area contributed by atoms with Crippen LogP contribution in [0.25, 0.3) is 0 Å². The number of methoxy groups -OCH3 is 1. The summed E-state index contributed by atoms with van der Waals surface area (Å²) in [5.41, 5.74) is 4.52. The first-order valence-corrected chi connectivity index (χ1v) is 10.6. The average molecular weight is 495 g/mol. The van der Waals surface area contributed by atoms with Crippen molar-refractivity contribution < 1.29 is 27.4 Å². The molecule has 10 nitrogen and oxygen atoms in total. The Bertz CT molecular complexity index is 1170. The van der Waals surface area contributed by atoms with Gasteiger partial charge in [-0.15, -0.1) is 23.4 Å². The number of hydrogen-bond acceptors (Lipinski definition) is 9. The fourth-order valence-corrected chi connectivity index (χ4v) is 3.22. The fraction of sp³-hybridized carbons (Fsp3) is 0.200. The molecule has 1 heterocycles. The molecule has 14 heteroatoms. The molecule has 4 N–H and O–H groups in total. The van der Waals surface area contributed by atoms with Crippen LogP contribution in [0.4, 0.5) is 24.8 Å². The lowest BCUT2D eigenvalue weighted by Crippen LogP contribution is -2.18. The Labute approximate surface area is 196 Å². The van der Waals surface area contributed by atoms with Crippen LogP contribution in [-0.2, 0) is 4.79 Å². The van der Waals surface area contributed by atoms with Crippen molar-refractivity contribution in [1.82, 2.24) is 14.9 Å². The van der Waals surface area contributed by atoms with Gasteiger partial charge in [0.2, 0.25) is 11.1 Å². The molecule has 34 heavy (non-hydrogen) atoms. The molecule has 0 spiro atoms. The van der Waals surface area contributed by atoms with E-state index in [1.165, 1.54) is 12.1 Å². The molecule has 0 aliphatic rings. The molecule has 0 saturated heterocycles. The van der Waals surface area contributed by atoms with Gasteiger partial charge >= 0.3 is 6.36 Å². The first kappa shape index (κ1) is 24.7. The number of alkyl halides is 3. The van der Waals surface area contributed by atoms with Gasteiger partial charge in [0.15, 0.2) is 0 Å². The number of nitrogens with two attached hydrogens (primary N) is 1. The zero-order chi connectivity index (χ0) is 24.7. The average Bonchev–Trinajstić information content (AvgIpc) is 3.15. The second-order valence-electron chi connectivity index (χ2n) is 6.63. The van der Waals surface area contributed by atoms with Crippen LogP contribution in [0.15, 0.2) is 58.8 Å². The number of hydrazone groups is 1. The van der Waals surface area contributed by atoms with Crippen LogP contribution >= 0.6 is 11.8 Å². The molecule has 3 rings (SSSR count). The first-order valence-electron chi connectivity index (χ1n) is 9.58. The Morgan fingerprint density at radius 2 is 1.91 bits per heavy atom. The van der Waals surface area contributed by atoms with Crippen LogP contribution in [0.3, 0.4) is 0 Å². The Balaban J connectivity index is 1.53. The summed E-state index contributed by atoms with van der Waals surface area (Å²) in [5.74, 6) is 5.94. The van der Waals surface area contributed by atoms with Gasteiger partial charge in [0.1, 0.15) is 11.5 Å². The standard InChI is InChI=1S/C20H20F3N7O3S/c1-12(13-4-3-5-16(10-13)32-2)26-27-18-28-29-19(30(18)24)34-11-17(31)25-14-6-8-15(9-7-14)33-20(21,22)23/h3-10H,11,24H2,1-2H3,(H,25,31)(H,27,28)/b26-12+. The number of halogens is 3. The predicted molar refractivity (Wildman–Crippen MR) is 121 cm³/mol. The van der Waals surface area contributed by atoms with E-state index in [4.69, 9.17) is 10.6 Å². The number of hydrogen-bond donors (Lipinski definition) is 3. The van der Waals surface area contributed by atoms with E-state index in [0.717, 1.165) is 34.1 Å². The summed E-state index contributed by atoms with van der Waals surface area (Å²) in [6.07, 6.45) is -4.79. The molecule has 1 aromatic heterocycles. The van der Waals surface area contributed by atoms with E-state index in [1.54, 1.807) is 14.0 Å². The summed E-state index contributed by atoms with van der Waals surface area (Å²) in [4.78, 5) is 12.2. The minimum Gasteiger partial charge on any atom is -0.497 e. The zero-order valence-corrected chi connectivity index (χ0v) is 18.8. The van der Waals surface area contributed by atoms with E-state index in [2.05, 4.69) is 30.8 Å². The van der Waals surface area contributed by atoms with Crippen LogP contribution in [0.5, 0.6) is 11.5 Å². The molecule has 0 unspecified atom stereocenters. The number of amides is 1. The number of benzene rings is 2. The van der Waals surface area contributed by atoms with E-state index in [1.807, 2.05) is 24.3 Å². The maximum absolute atomic E-state index is 12.2. The lowest BCUT2D eigenvalue weighted by atomic mass is 10.1. The van der Waals surface area contributed by atoms with Crippen molar-refractivity contribution in [2.45, 2.75) is 18.4 Å². The van der Waals surface area contributed by atoms with Gasteiger partial charge in [-0.1, -0.05) is 23.9 Å². The third-order valence-corrected chi connectivity index (χ3v) is 5.12. The first-order chi connectivity index (χ1) is 16.1. The minimum atomic E-state index is -4.79. The van der Waals surface area contributed by atoms with Crippen LogP contribution in [0.2, 0.25) is 0 Å². The highest BCUT2D eigenvalue weighted by molar-refractivity contribution is 7.99. The van der Waals surface area contributed by atoms with Gasteiger partial charge < -0.3 is 20.6 Å². The molecule has 0 bridgehead atoms. The molecule has 1 amide bonds. The molecule has 2 aromatic carbocycles. The number of carbonyl (C=O) groups is 1. The molecule has 3 aromatic rings. The number of aromatic nitrogens is 3. The number of ether oxygens (including phenoxy) is 2. The molecular formula is C20H20F3N7O3S. The highest BCUT2D eigenvalue weighted by Gasteiger charge is 2.31. The van der Waals surface area contributed by atoms with E-state index >= 15 is 0 Å². The normalized spacial score (nSPS) is 11.7. The molecule has 180 valence electrons. The molecule has 0 saturated carbocycles. The van der Waals surface area contributed by atoms with E-state index in [9.17, 15) is 18.0 Å². The number of carbonyl (C=O) groups excluding carboxylic acids is 1. The Kier molecular flexibility index (Phi) is 7.83. The van der Waals surface area contributed by atoms with Crippen molar-refractivity contribution in [2.24, 2.45) is 5.10 Å². The van der Waals surface area contributed by atoms with Crippen LogP contribution < -0.4 is 26.1 Å². The Morgan fingerprint density at radius 1 is 1.18 bits per heavy atom. The summed E-state index contributed by atoms with van der Waals surface area (Å²) < 4.78 is 46.7. The van der Waals surface area contributed by atoms with Crippen molar-refractivity contribution in [3.05, 3.63) is 54.1 Å². The number of anilines is 2. The van der Waals surface area contributed by atoms with Gasteiger partial charge in [0, 0.05) is 11.3 Å². The largest absolute Gasteiger partial charge is 0.573 e. The highest BCUT2D eigenvalue weighted by atomic mass is 32.2. The van der Waals surface area contributed by atoms with E-state index in [0.29, 0.717) is 17.1 Å². The number of thioether (sulfide) groups is 1. The van der Waals surface area contributed by atoms with Gasteiger partial charge in [0.05, 0.1) is 18.6 Å². The maximum Gasteiger partial charge on any atom is 0.573 e. The minimum absolute atomic E-state index is 0.0672. The lowest BCUT2D eigenvalue weighted by Gasteiger charge is -2.10. The molecule has 0 aliphatic carbocycles. The van der Waals surface area contributed by atoms with Crippen LogP contribution in [0, 0.1) is 0 Å². The van der Waals surface area contributed by atoms with Gasteiger partial charge in [-0.25, -0.2) is 10.1 Å². The van der Waals surface area contributed by atoms with E-state index < -0.39 is 12.3 Å². The molecule has 0 fully saturated rings. The van der Waals surface area contributed by atoms with Gasteiger partial charge in [-0.3, -0.25) is 4.79 Å². The molecule has 0 atom stereocenters. The Morgan fingerprint density at radius 3 is 2.59 bits per heavy atom. The monoisotopic (exact) mass is 495 g/mol. The predicted octanol–water partition coefficient (Wildman–Crippen LogP) is 3.47. The van der Waals surface area contributed by atoms with Crippen LogP contribution in [0.1, 0.15) is 12.5 Å². The summed E-state index contributed by atoms with van der Waals surface area (Å²) in [6.45, 7) is 1.79. The maximum atomic E-state index is 12.2. The van der Waals surface area contributed by atoms with Crippen LogP contribution in [-0.4, -0.2) is 45.7 Å². The number of nitrogen functional groups attached to an aromatic ring is 1. The molecule has 0 radical (unpaired) electrons. The summed E-state index contributed by atoms with van der Waals surface area (Å²) >= 11 is 1.02. The third-order valence-electron chi connectivity index (χ3n) is 4.18. The number of rotatable bonds is 9. The zero-order valence-electron chi connectivity index (χ0n) is 18.0. The fourth-order valence-electron chi connectivity index (χ4n) is 2.57. The molecular weight excluding hydrogens is 475 g/mol. The number of nitrogens with zero attached hydrogens (tertiary/aromatic N) is 4. The van der Waals surface area contributed by atoms with Crippen molar-refractivity contribution in [2.75, 3.05) is 29.4 Å². The summed E-state index contributed by atoms with van der Waals surface area (Å²) in [6, 6.07) is 12.1. The van der Waals surface area contributed by atoms with Crippen molar-refractivity contribution in [3.8, 4) is 11.5 Å².